The average Bonchev–Trinajstić information content (AvgIpc) is 2.69. The Morgan fingerprint density at radius 2 is 2.11 bits per heavy atom. The van der Waals surface area contributed by atoms with Crippen molar-refractivity contribution in [1.29, 1.82) is 0 Å². The Kier molecular flexibility index (Phi) is 4.52. The number of aromatic nitrogens is 2. The van der Waals surface area contributed by atoms with Crippen molar-refractivity contribution < 1.29 is 9.18 Å². The van der Waals surface area contributed by atoms with Crippen LogP contribution in [0.2, 0.25) is 0 Å². The Balaban J connectivity index is 1.51. The van der Waals surface area contributed by atoms with Gasteiger partial charge in [0.2, 0.25) is 5.91 Å². The molecule has 2 N–H and O–H groups in total. The number of benzene rings is 1. The Morgan fingerprint density at radius 1 is 1.22 bits per heavy atom. The predicted octanol–water partition coefficient (Wildman–Crippen LogP) is 2.02. The highest BCUT2D eigenvalue weighted by Gasteiger charge is 2.25. The number of carbonyl (C=O) groups excluding carboxylic acids is 1. The van der Waals surface area contributed by atoms with Crippen LogP contribution in [0.5, 0.6) is 0 Å². The summed E-state index contributed by atoms with van der Waals surface area (Å²) in [5.41, 5.74) is 2.14. The molecule has 2 aromatic heterocycles. The van der Waals surface area contributed by atoms with Crippen LogP contribution in [0.4, 0.5) is 10.1 Å². The molecule has 3 aromatic rings. The van der Waals surface area contributed by atoms with Gasteiger partial charge in [-0.2, -0.15) is 0 Å². The first-order valence-electron chi connectivity index (χ1n) is 8.56. The summed E-state index contributed by atoms with van der Waals surface area (Å²) in [5, 5.41) is 5.75. The molecule has 0 saturated heterocycles. The van der Waals surface area contributed by atoms with Crippen LogP contribution in [-0.2, 0) is 17.8 Å². The highest BCUT2D eigenvalue weighted by Crippen LogP contribution is 2.19. The summed E-state index contributed by atoms with van der Waals surface area (Å²) in [7, 11) is 0. The maximum absolute atomic E-state index is 14.5. The fourth-order valence-electron chi connectivity index (χ4n) is 3.12. The van der Waals surface area contributed by atoms with E-state index in [1.54, 1.807) is 30.6 Å². The number of pyridine rings is 2. The second-order valence-corrected chi connectivity index (χ2v) is 6.31. The first-order chi connectivity index (χ1) is 13.1. The van der Waals surface area contributed by atoms with Crippen LogP contribution in [0.15, 0.2) is 65.7 Å². The lowest BCUT2D eigenvalue weighted by atomic mass is 10.0. The minimum Gasteiger partial charge on any atom is -0.322 e. The van der Waals surface area contributed by atoms with Gasteiger partial charge in [0.25, 0.3) is 5.56 Å². The molecule has 6 nitrogen and oxygen atoms in total. The number of hydrogen-bond donors (Lipinski definition) is 2. The second kappa shape index (κ2) is 7.13. The number of carbonyl (C=O) groups is 1. The van der Waals surface area contributed by atoms with Gasteiger partial charge in [0.15, 0.2) is 0 Å². The monoisotopic (exact) mass is 364 g/mol. The molecule has 0 radical (unpaired) electrons. The molecule has 0 saturated carbocycles. The van der Waals surface area contributed by atoms with E-state index in [1.807, 2.05) is 12.1 Å². The smallest absolute Gasteiger partial charge is 0.255 e. The van der Waals surface area contributed by atoms with Crippen molar-refractivity contribution in [1.82, 2.24) is 14.9 Å². The van der Waals surface area contributed by atoms with Crippen LogP contribution >= 0.6 is 0 Å². The lowest BCUT2D eigenvalue weighted by Crippen LogP contribution is -2.45. The second-order valence-electron chi connectivity index (χ2n) is 6.31. The summed E-state index contributed by atoms with van der Waals surface area (Å²) in [6.07, 6.45) is 3.70. The SMILES string of the molecule is O=C(Nc1ccc(-n2ccccc2=O)cc1F)C1Cc2ncccc2CN1. The topological polar surface area (TPSA) is 76.0 Å². The van der Waals surface area contributed by atoms with Gasteiger partial charge in [-0.25, -0.2) is 4.39 Å². The molecular formula is C20H17FN4O2. The van der Waals surface area contributed by atoms with Gasteiger partial charge in [0, 0.05) is 43.2 Å². The van der Waals surface area contributed by atoms with Crippen LogP contribution in [0.1, 0.15) is 11.3 Å². The molecule has 1 amide bonds. The third-order valence-corrected chi connectivity index (χ3v) is 4.55. The van der Waals surface area contributed by atoms with Crippen LogP contribution in [0.3, 0.4) is 0 Å². The zero-order valence-corrected chi connectivity index (χ0v) is 14.4. The van der Waals surface area contributed by atoms with Gasteiger partial charge in [-0.3, -0.25) is 19.1 Å². The van der Waals surface area contributed by atoms with Gasteiger partial charge in [0.05, 0.1) is 17.4 Å². The number of nitrogens with one attached hydrogen (secondary N) is 2. The van der Waals surface area contributed by atoms with Crippen LogP contribution in [-0.4, -0.2) is 21.5 Å². The van der Waals surface area contributed by atoms with Crippen molar-refractivity contribution in [3.63, 3.8) is 0 Å². The quantitative estimate of drug-likeness (QED) is 0.746. The number of fused-ring (bicyclic) bond motifs is 1. The minimum absolute atomic E-state index is 0.0707. The molecule has 1 aliphatic heterocycles. The van der Waals surface area contributed by atoms with Gasteiger partial charge < -0.3 is 10.6 Å². The molecular weight excluding hydrogens is 347 g/mol. The van der Waals surface area contributed by atoms with Gasteiger partial charge in [-0.1, -0.05) is 12.1 Å². The van der Waals surface area contributed by atoms with Crippen LogP contribution < -0.4 is 16.2 Å². The molecule has 136 valence electrons. The molecule has 0 bridgehead atoms. The molecule has 27 heavy (non-hydrogen) atoms. The fourth-order valence-corrected chi connectivity index (χ4v) is 3.12. The van der Waals surface area contributed by atoms with Crippen molar-refractivity contribution in [2.75, 3.05) is 5.32 Å². The van der Waals surface area contributed by atoms with Gasteiger partial charge >= 0.3 is 0 Å². The Bertz CT molecular complexity index is 1060. The number of amides is 1. The molecule has 0 spiro atoms. The fraction of sp³-hybridized carbons (Fsp3) is 0.150. The lowest BCUT2D eigenvalue weighted by molar-refractivity contribution is -0.118. The Labute approximate surface area is 154 Å². The molecule has 0 fully saturated rings. The number of rotatable bonds is 3. The Hall–Kier alpha value is -3.32. The predicted molar refractivity (Wildman–Crippen MR) is 99.2 cm³/mol. The highest BCUT2D eigenvalue weighted by atomic mass is 19.1. The van der Waals surface area contributed by atoms with E-state index in [0.29, 0.717) is 18.7 Å². The van der Waals surface area contributed by atoms with Crippen molar-refractivity contribution in [2.24, 2.45) is 0 Å². The number of anilines is 1. The van der Waals surface area contributed by atoms with Gasteiger partial charge in [-0.15, -0.1) is 0 Å². The Morgan fingerprint density at radius 3 is 2.93 bits per heavy atom. The summed E-state index contributed by atoms with van der Waals surface area (Å²) in [5.74, 6) is -0.930. The van der Waals surface area contributed by atoms with E-state index in [0.717, 1.165) is 11.3 Å². The summed E-state index contributed by atoms with van der Waals surface area (Å²) in [4.78, 5) is 28.7. The van der Waals surface area contributed by atoms with Gasteiger partial charge in [0.1, 0.15) is 5.82 Å². The molecule has 4 rings (SSSR count). The first kappa shape index (κ1) is 17.1. The number of hydrogen-bond acceptors (Lipinski definition) is 4. The molecule has 1 unspecified atom stereocenters. The highest BCUT2D eigenvalue weighted by molar-refractivity contribution is 5.95. The zero-order valence-electron chi connectivity index (χ0n) is 14.4. The van der Waals surface area contributed by atoms with Crippen molar-refractivity contribution in [3.8, 4) is 5.69 Å². The third kappa shape index (κ3) is 3.50. The average molecular weight is 364 g/mol. The molecule has 3 heterocycles. The van der Waals surface area contributed by atoms with Gasteiger partial charge in [-0.05, 0) is 29.8 Å². The molecule has 1 atom stereocenters. The number of halogens is 1. The van der Waals surface area contributed by atoms with E-state index in [4.69, 9.17) is 0 Å². The van der Waals surface area contributed by atoms with E-state index in [-0.39, 0.29) is 17.2 Å². The number of nitrogens with zero attached hydrogens (tertiary/aromatic N) is 2. The largest absolute Gasteiger partial charge is 0.322 e. The van der Waals surface area contributed by atoms with E-state index in [1.165, 1.54) is 22.8 Å². The van der Waals surface area contributed by atoms with E-state index in [2.05, 4.69) is 15.6 Å². The standard InChI is InChI=1S/C20H17FN4O2/c21-15-10-14(25-9-2-1-5-19(25)26)6-7-16(15)24-20(27)18-11-17-13(12-23-18)4-3-8-22-17/h1-10,18,23H,11-12H2,(H,24,27). The normalized spacial score (nSPS) is 15.8. The zero-order chi connectivity index (χ0) is 18.8. The van der Waals surface area contributed by atoms with E-state index < -0.39 is 11.9 Å². The maximum Gasteiger partial charge on any atom is 0.255 e. The minimum atomic E-state index is -0.606. The third-order valence-electron chi connectivity index (χ3n) is 4.55. The van der Waals surface area contributed by atoms with E-state index in [9.17, 15) is 14.0 Å². The molecule has 7 heteroatoms. The van der Waals surface area contributed by atoms with E-state index >= 15 is 0 Å². The summed E-state index contributed by atoms with van der Waals surface area (Å²) >= 11 is 0. The summed E-state index contributed by atoms with van der Waals surface area (Å²) < 4.78 is 15.8. The van der Waals surface area contributed by atoms with Crippen molar-refractivity contribution >= 4 is 11.6 Å². The van der Waals surface area contributed by atoms with Crippen molar-refractivity contribution in [3.05, 3.63) is 88.4 Å². The summed E-state index contributed by atoms with van der Waals surface area (Å²) in [6.45, 7) is 0.541. The lowest BCUT2D eigenvalue weighted by Gasteiger charge is -2.24. The molecule has 1 aliphatic rings. The summed E-state index contributed by atoms with van der Waals surface area (Å²) in [6, 6.07) is 12.3. The van der Waals surface area contributed by atoms with Crippen LogP contribution in [0.25, 0.3) is 5.69 Å². The molecule has 0 aliphatic carbocycles. The first-order valence-corrected chi connectivity index (χ1v) is 8.56. The molecule has 1 aromatic carbocycles. The maximum atomic E-state index is 14.5. The van der Waals surface area contributed by atoms with Crippen molar-refractivity contribution in [2.45, 2.75) is 19.0 Å². The van der Waals surface area contributed by atoms with Crippen LogP contribution in [0, 0.1) is 5.82 Å².